The maximum absolute atomic E-state index is 11.6. The molecule has 0 fully saturated rings. The summed E-state index contributed by atoms with van der Waals surface area (Å²) in [5.41, 5.74) is 2.13. The van der Waals surface area contributed by atoms with Gasteiger partial charge >= 0.3 is 0 Å². The van der Waals surface area contributed by atoms with Gasteiger partial charge in [-0.3, -0.25) is 4.79 Å². The molecule has 2 N–H and O–H groups in total. The maximum Gasteiger partial charge on any atom is 0.257 e. The van der Waals surface area contributed by atoms with Crippen LogP contribution in [0, 0.1) is 12.8 Å². The van der Waals surface area contributed by atoms with Crippen LogP contribution in [0.15, 0.2) is 23.4 Å². The molecule has 110 valence electrons. The van der Waals surface area contributed by atoms with Crippen molar-refractivity contribution in [1.29, 1.82) is 0 Å². The second-order valence-electron chi connectivity index (χ2n) is 5.17. The fourth-order valence-corrected chi connectivity index (χ4v) is 1.61. The van der Waals surface area contributed by atoms with Crippen LogP contribution >= 0.6 is 0 Å². The zero-order valence-electron chi connectivity index (χ0n) is 12.4. The van der Waals surface area contributed by atoms with Gasteiger partial charge in [-0.1, -0.05) is 25.1 Å². The number of carbonyl (C=O) groups is 1. The number of rotatable bonds is 6. The Bertz CT molecular complexity index is 496. The Labute approximate surface area is 119 Å². The first-order valence-electron chi connectivity index (χ1n) is 6.63. The minimum atomic E-state index is -0.162. The molecule has 0 heterocycles. The summed E-state index contributed by atoms with van der Waals surface area (Å²) in [6.07, 6.45) is 0. The van der Waals surface area contributed by atoms with E-state index in [4.69, 9.17) is 9.94 Å². The second kappa shape index (κ2) is 7.53. The summed E-state index contributed by atoms with van der Waals surface area (Å²) in [6, 6.07) is 5.53. The first-order chi connectivity index (χ1) is 9.43. The van der Waals surface area contributed by atoms with Gasteiger partial charge in [0, 0.05) is 12.1 Å². The standard InChI is InChI=1S/C15H22N2O3/c1-10(2)8-16-15(18)9-20-14-7-11(3)5-6-13(14)12(4)17-19/h5-7,10,19H,8-9H2,1-4H3,(H,16,18). The van der Waals surface area contributed by atoms with E-state index in [1.807, 2.05) is 39.0 Å². The largest absolute Gasteiger partial charge is 0.483 e. The van der Waals surface area contributed by atoms with Gasteiger partial charge in [0.05, 0.1) is 5.71 Å². The molecule has 0 aliphatic rings. The first-order valence-corrected chi connectivity index (χ1v) is 6.63. The summed E-state index contributed by atoms with van der Waals surface area (Å²) in [6.45, 7) is 8.24. The number of hydrogen-bond donors (Lipinski definition) is 2. The molecule has 0 atom stereocenters. The van der Waals surface area contributed by atoms with E-state index in [-0.39, 0.29) is 12.5 Å². The summed E-state index contributed by atoms with van der Waals surface area (Å²) in [4.78, 5) is 11.6. The quantitative estimate of drug-likeness (QED) is 0.476. The molecular weight excluding hydrogens is 256 g/mol. The van der Waals surface area contributed by atoms with Gasteiger partial charge in [0.15, 0.2) is 6.61 Å². The van der Waals surface area contributed by atoms with Crippen molar-refractivity contribution in [2.45, 2.75) is 27.7 Å². The van der Waals surface area contributed by atoms with Crippen molar-refractivity contribution < 1.29 is 14.7 Å². The molecule has 1 aromatic rings. The normalized spacial score (nSPS) is 11.6. The van der Waals surface area contributed by atoms with Gasteiger partial charge in [-0.2, -0.15) is 0 Å². The number of nitrogens with zero attached hydrogens (tertiary/aromatic N) is 1. The Hall–Kier alpha value is -2.04. The molecule has 1 rings (SSSR count). The minimum Gasteiger partial charge on any atom is -0.483 e. The molecule has 5 heteroatoms. The van der Waals surface area contributed by atoms with Crippen LogP contribution in [0.4, 0.5) is 0 Å². The van der Waals surface area contributed by atoms with Crippen molar-refractivity contribution in [1.82, 2.24) is 5.32 Å². The molecule has 0 aliphatic carbocycles. The van der Waals surface area contributed by atoms with Gasteiger partial charge in [-0.25, -0.2) is 0 Å². The average molecular weight is 278 g/mol. The summed E-state index contributed by atoms with van der Waals surface area (Å²) in [7, 11) is 0. The fraction of sp³-hybridized carbons (Fsp3) is 0.467. The van der Waals surface area contributed by atoms with Gasteiger partial charge in [0.25, 0.3) is 5.91 Å². The van der Waals surface area contributed by atoms with Crippen LogP contribution in [0.5, 0.6) is 5.75 Å². The van der Waals surface area contributed by atoms with E-state index in [1.54, 1.807) is 6.92 Å². The number of ether oxygens (including phenoxy) is 1. The number of amides is 1. The van der Waals surface area contributed by atoms with Gasteiger partial charge in [0.2, 0.25) is 0 Å². The molecule has 0 spiro atoms. The Morgan fingerprint density at radius 1 is 1.45 bits per heavy atom. The van der Waals surface area contributed by atoms with Crippen LogP contribution in [0.1, 0.15) is 31.9 Å². The van der Waals surface area contributed by atoms with Crippen molar-refractivity contribution in [3.8, 4) is 5.75 Å². The van der Waals surface area contributed by atoms with Crippen molar-refractivity contribution in [2.75, 3.05) is 13.2 Å². The molecule has 0 saturated carbocycles. The lowest BCUT2D eigenvalue weighted by atomic mass is 10.1. The topological polar surface area (TPSA) is 70.9 Å². The fourth-order valence-electron chi connectivity index (χ4n) is 1.61. The van der Waals surface area contributed by atoms with Crippen LogP contribution in [0.25, 0.3) is 0 Å². The zero-order chi connectivity index (χ0) is 15.1. The number of hydrogen-bond acceptors (Lipinski definition) is 4. The third-order valence-electron chi connectivity index (χ3n) is 2.74. The smallest absolute Gasteiger partial charge is 0.257 e. The molecule has 0 bridgehead atoms. The van der Waals surface area contributed by atoms with Crippen LogP contribution in [0.3, 0.4) is 0 Å². The molecule has 1 aromatic carbocycles. The van der Waals surface area contributed by atoms with Crippen LogP contribution < -0.4 is 10.1 Å². The van der Waals surface area contributed by atoms with E-state index < -0.39 is 0 Å². The number of oxime groups is 1. The van der Waals surface area contributed by atoms with E-state index >= 15 is 0 Å². The molecule has 0 aromatic heterocycles. The molecular formula is C15H22N2O3. The Balaban J connectivity index is 2.72. The number of aryl methyl sites for hydroxylation is 1. The van der Waals surface area contributed by atoms with Crippen molar-refractivity contribution in [2.24, 2.45) is 11.1 Å². The van der Waals surface area contributed by atoms with Gasteiger partial charge in [-0.05, 0) is 37.5 Å². The molecule has 0 unspecified atom stereocenters. The lowest BCUT2D eigenvalue weighted by molar-refractivity contribution is -0.123. The Morgan fingerprint density at radius 2 is 2.15 bits per heavy atom. The van der Waals surface area contributed by atoms with Crippen LogP contribution in [-0.4, -0.2) is 30.0 Å². The van der Waals surface area contributed by atoms with Crippen molar-refractivity contribution in [3.05, 3.63) is 29.3 Å². The zero-order valence-corrected chi connectivity index (χ0v) is 12.4. The maximum atomic E-state index is 11.6. The predicted molar refractivity (Wildman–Crippen MR) is 78.5 cm³/mol. The van der Waals surface area contributed by atoms with E-state index in [0.29, 0.717) is 29.5 Å². The van der Waals surface area contributed by atoms with E-state index in [2.05, 4.69) is 10.5 Å². The third kappa shape index (κ3) is 4.91. The summed E-state index contributed by atoms with van der Waals surface area (Å²) >= 11 is 0. The lowest BCUT2D eigenvalue weighted by Gasteiger charge is -2.12. The molecule has 0 aliphatic heterocycles. The number of benzene rings is 1. The first kappa shape index (κ1) is 16.0. The van der Waals surface area contributed by atoms with Crippen LogP contribution in [-0.2, 0) is 4.79 Å². The van der Waals surface area contributed by atoms with Gasteiger partial charge < -0.3 is 15.3 Å². The minimum absolute atomic E-state index is 0.0537. The van der Waals surface area contributed by atoms with E-state index in [0.717, 1.165) is 5.56 Å². The van der Waals surface area contributed by atoms with E-state index in [1.165, 1.54) is 0 Å². The monoisotopic (exact) mass is 278 g/mol. The third-order valence-corrected chi connectivity index (χ3v) is 2.74. The lowest BCUT2D eigenvalue weighted by Crippen LogP contribution is -2.31. The summed E-state index contributed by atoms with van der Waals surface area (Å²) in [5, 5.41) is 14.8. The van der Waals surface area contributed by atoms with Gasteiger partial charge in [0.1, 0.15) is 5.75 Å². The van der Waals surface area contributed by atoms with Crippen molar-refractivity contribution in [3.63, 3.8) is 0 Å². The average Bonchev–Trinajstić information content (AvgIpc) is 2.42. The summed E-state index contributed by atoms with van der Waals surface area (Å²) in [5.74, 6) is 0.780. The molecule has 0 radical (unpaired) electrons. The highest BCUT2D eigenvalue weighted by Gasteiger charge is 2.10. The van der Waals surface area contributed by atoms with E-state index in [9.17, 15) is 4.79 Å². The highest BCUT2D eigenvalue weighted by Crippen LogP contribution is 2.21. The second-order valence-corrected chi connectivity index (χ2v) is 5.17. The Morgan fingerprint density at radius 3 is 2.75 bits per heavy atom. The predicted octanol–water partition coefficient (Wildman–Crippen LogP) is 2.34. The highest BCUT2D eigenvalue weighted by molar-refractivity contribution is 6.00. The summed E-state index contributed by atoms with van der Waals surface area (Å²) < 4.78 is 5.53. The Kier molecular flexibility index (Phi) is 6.03. The number of nitrogens with one attached hydrogen (secondary N) is 1. The van der Waals surface area contributed by atoms with Crippen LogP contribution in [0.2, 0.25) is 0 Å². The number of carbonyl (C=O) groups excluding carboxylic acids is 1. The SMILES string of the molecule is CC(=NO)c1ccc(C)cc1OCC(=O)NCC(C)C. The van der Waals surface area contributed by atoms with Crippen molar-refractivity contribution >= 4 is 11.6 Å². The molecule has 5 nitrogen and oxygen atoms in total. The molecule has 0 saturated heterocycles. The molecule has 1 amide bonds. The molecule has 20 heavy (non-hydrogen) atoms. The highest BCUT2D eigenvalue weighted by atomic mass is 16.5. The van der Waals surface area contributed by atoms with Gasteiger partial charge in [-0.15, -0.1) is 0 Å².